The van der Waals surface area contributed by atoms with Crippen LogP contribution in [0.2, 0.25) is 0 Å². The Morgan fingerprint density at radius 1 is 1.44 bits per heavy atom. The molecular weight excluding hydrogens is 230 g/mol. The van der Waals surface area contributed by atoms with Crippen molar-refractivity contribution >= 4 is 5.91 Å². The summed E-state index contributed by atoms with van der Waals surface area (Å²) < 4.78 is 1.90. The summed E-state index contributed by atoms with van der Waals surface area (Å²) in [4.78, 5) is 19.8. The van der Waals surface area contributed by atoms with Crippen molar-refractivity contribution in [3.8, 4) is 5.69 Å². The lowest BCUT2D eigenvalue weighted by Gasteiger charge is -2.08. The lowest BCUT2D eigenvalue weighted by molar-refractivity contribution is 0.0958. The smallest absolute Gasteiger partial charge is 0.269 e. The minimum Gasteiger partial charge on any atom is -0.354 e. The van der Waals surface area contributed by atoms with Gasteiger partial charge in [0.2, 0.25) is 0 Å². The molecule has 18 heavy (non-hydrogen) atoms. The predicted octanol–water partition coefficient (Wildman–Crippen LogP) is 0.128. The summed E-state index contributed by atoms with van der Waals surface area (Å²) in [6.45, 7) is 0.532. The van der Waals surface area contributed by atoms with Crippen LogP contribution in [0.15, 0.2) is 30.7 Å². The number of nitrogens with zero attached hydrogens (tertiary/aromatic N) is 3. The maximum absolute atomic E-state index is 11.5. The number of amides is 1. The zero-order chi connectivity index (χ0) is 13.0. The van der Waals surface area contributed by atoms with E-state index in [9.17, 15) is 4.79 Å². The molecule has 0 unspecified atom stereocenters. The molecule has 0 atom stereocenters. The summed E-state index contributed by atoms with van der Waals surface area (Å²) in [5, 5.41) is 2.55. The molecule has 6 heteroatoms. The molecule has 2 aromatic rings. The molecule has 0 aliphatic rings. The third-order valence-corrected chi connectivity index (χ3v) is 2.57. The van der Waals surface area contributed by atoms with Crippen LogP contribution in [0, 0.1) is 0 Å². The van der Waals surface area contributed by atoms with Crippen LogP contribution in [0.4, 0.5) is 0 Å². The lowest BCUT2D eigenvalue weighted by atomic mass is 10.3. The van der Waals surface area contributed by atoms with E-state index in [0.717, 1.165) is 11.5 Å². The van der Waals surface area contributed by atoms with Gasteiger partial charge in [0.1, 0.15) is 11.5 Å². The first kappa shape index (κ1) is 12.3. The Bertz CT molecular complexity index is 549. The van der Waals surface area contributed by atoms with E-state index in [4.69, 9.17) is 5.73 Å². The fraction of sp³-hybridized carbons (Fsp3) is 0.250. The van der Waals surface area contributed by atoms with E-state index in [1.807, 2.05) is 16.8 Å². The van der Waals surface area contributed by atoms with E-state index in [1.54, 1.807) is 25.5 Å². The molecule has 0 aromatic carbocycles. The van der Waals surface area contributed by atoms with Crippen LogP contribution in [0.3, 0.4) is 0 Å². The number of pyridine rings is 1. The molecule has 0 radical (unpaired) electrons. The maximum Gasteiger partial charge on any atom is 0.269 e. The summed E-state index contributed by atoms with van der Waals surface area (Å²) in [7, 11) is 1.58. The molecule has 0 spiro atoms. The predicted molar refractivity (Wildman–Crippen MR) is 67.5 cm³/mol. The van der Waals surface area contributed by atoms with E-state index >= 15 is 0 Å². The second kappa shape index (κ2) is 5.42. The van der Waals surface area contributed by atoms with Crippen molar-refractivity contribution in [3.05, 3.63) is 42.2 Å². The number of hydrogen-bond donors (Lipinski definition) is 2. The summed E-state index contributed by atoms with van der Waals surface area (Å²) in [6.07, 6.45) is 5.84. The molecule has 2 heterocycles. The van der Waals surface area contributed by atoms with Gasteiger partial charge in [-0.1, -0.05) is 0 Å². The van der Waals surface area contributed by atoms with Gasteiger partial charge in [0.05, 0.1) is 5.69 Å². The van der Waals surface area contributed by atoms with Crippen LogP contribution in [0.25, 0.3) is 5.69 Å². The SMILES string of the molecule is CNC(=O)c1cc(-n2ccnc2CCN)ccn1. The summed E-state index contributed by atoms with van der Waals surface area (Å²) >= 11 is 0. The van der Waals surface area contributed by atoms with E-state index < -0.39 is 0 Å². The van der Waals surface area contributed by atoms with Crippen LogP contribution in [-0.4, -0.2) is 34.0 Å². The Labute approximate surface area is 105 Å². The molecule has 3 N–H and O–H groups in total. The van der Waals surface area contributed by atoms with Crippen molar-refractivity contribution in [3.63, 3.8) is 0 Å². The van der Waals surface area contributed by atoms with Crippen molar-refractivity contribution < 1.29 is 4.79 Å². The van der Waals surface area contributed by atoms with Crippen LogP contribution in [-0.2, 0) is 6.42 Å². The molecule has 2 rings (SSSR count). The number of hydrogen-bond acceptors (Lipinski definition) is 4. The molecule has 0 aliphatic carbocycles. The van der Waals surface area contributed by atoms with Gasteiger partial charge >= 0.3 is 0 Å². The molecule has 0 saturated carbocycles. The van der Waals surface area contributed by atoms with Gasteiger partial charge in [-0.15, -0.1) is 0 Å². The van der Waals surface area contributed by atoms with E-state index in [2.05, 4.69) is 15.3 Å². The quantitative estimate of drug-likeness (QED) is 0.801. The van der Waals surface area contributed by atoms with Crippen molar-refractivity contribution in [2.75, 3.05) is 13.6 Å². The standard InChI is InChI=1S/C12H15N5O/c1-14-12(18)10-8-9(3-5-15-10)17-7-6-16-11(17)2-4-13/h3,5-8H,2,4,13H2,1H3,(H,14,18). The first-order valence-corrected chi connectivity index (χ1v) is 5.67. The van der Waals surface area contributed by atoms with Gasteiger partial charge in [-0.2, -0.15) is 0 Å². The highest BCUT2D eigenvalue weighted by molar-refractivity contribution is 5.92. The number of nitrogens with two attached hydrogens (primary N) is 1. The Kier molecular flexibility index (Phi) is 3.69. The fourth-order valence-corrected chi connectivity index (χ4v) is 1.70. The lowest BCUT2D eigenvalue weighted by Crippen LogP contribution is -2.19. The van der Waals surface area contributed by atoms with Crippen LogP contribution >= 0.6 is 0 Å². The minimum absolute atomic E-state index is 0.211. The topological polar surface area (TPSA) is 85.8 Å². The largest absolute Gasteiger partial charge is 0.354 e. The molecule has 0 bridgehead atoms. The molecule has 94 valence electrons. The fourth-order valence-electron chi connectivity index (χ4n) is 1.70. The summed E-state index contributed by atoms with van der Waals surface area (Å²) in [6, 6.07) is 3.55. The first-order valence-electron chi connectivity index (χ1n) is 5.67. The zero-order valence-electron chi connectivity index (χ0n) is 10.1. The van der Waals surface area contributed by atoms with Crippen LogP contribution in [0.1, 0.15) is 16.3 Å². The highest BCUT2D eigenvalue weighted by Crippen LogP contribution is 2.11. The molecule has 1 amide bonds. The maximum atomic E-state index is 11.5. The van der Waals surface area contributed by atoms with E-state index in [-0.39, 0.29) is 5.91 Å². The Morgan fingerprint density at radius 2 is 2.28 bits per heavy atom. The monoisotopic (exact) mass is 245 g/mol. The molecule has 0 aliphatic heterocycles. The van der Waals surface area contributed by atoms with Gasteiger partial charge in [-0.3, -0.25) is 9.78 Å². The Balaban J connectivity index is 2.38. The molecule has 0 fully saturated rings. The van der Waals surface area contributed by atoms with Crippen molar-refractivity contribution in [2.45, 2.75) is 6.42 Å². The number of carbonyl (C=O) groups excluding carboxylic acids is 1. The summed E-state index contributed by atoms with van der Waals surface area (Å²) in [5.74, 6) is 0.656. The number of carbonyl (C=O) groups is 1. The van der Waals surface area contributed by atoms with Gasteiger partial charge < -0.3 is 15.6 Å². The Hall–Kier alpha value is -2.21. The normalized spacial score (nSPS) is 10.3. The average Bonchev–Trinajstić information content (AvgIpc) is 2.87. The molecule has 6 nitrogen and oxygen atoms in total. The Morgan fingerprint density at radius 3 is 3.00 bits per heavy atom. The van der Waals surface area contributed by atoms with Gasteiger partial charge in [0.25, 0.3) is 5.91 Å². The first-order chi connectivity index (χ1) is 8.76. The third-order valence-electron chi connectivity index (χ3n) is 2.57. The summed E-state index contributed by atoms with van der Waals surface area (Å²) in [5.41, 5.74) is 6.77. The second-order valence-corrected chi connectivity index (χ2v) is 3.73. The number of nitrogens with one attached hydrogen (secondary N) is 1. The highest BCUT2D eigenvalue weighted by Gasteiger charge is 2.08. The number of rotatable bonds is 4. The second-order valence-electron chi connectivity index (χ2n) is 3.73. The van der Waals surface area contributed by atoms with Crippen LogP contribution < -0.4 is 11.1 Å². The van der Waals surface area contributed by atoms with Crippen LogP contribution in [0.5, 0.6) is 0 Å². The van der Waals surface area contributed by atoms with Gasteiger partial charge in [0, 0.05) is 32.1 Å². The van der Waals surface area contributed by atoms with Crippen molar-refractivity contribution in [1.82, 2.24) is 19.9 Å². The van der Waals surface area contributed by atoms with Crippen molar-refractivity contribution in [2.24, 2.45) is 5.73 Å². The highest BCUT2D eigenvalue weighted by atomic mass is 16.1. The molecule has 2 aromatic heterocycles. The zero-order valence-corrected chi connectivity index (χ0v) is 10.1. The van der Waals surface area contributed by atoms with E-state index in [1.165, 1.54) is 0 Å². The van der Waals surface area contributed by atoms with E-state index in [0.29, 0.717) is 18.7 Å². The average molecular weight is 245 g/mol. The van der Waals surface area contributed by atoms with Gasteiger partial charge in [-0.25, -0.2) is 4.98 Å². The number of aromatic nitrogens is 3. The minimum atomic E-state index is -0.211. The molecule has 0 saturated heterocycles. The third kappa shape index (κ3) is 2.38. The van der Waals surface area contributed by atoms with Gasteiger partial charge in [-0.05, 0) is 18.7 Å². The number of imidazole rings is 1. The van der Waals surface area contributed by atoms with Gasteiger partial charge in [0.15, 0.2) is 0 Å². The van der Waals surface area contributed by atoms with Crippen molar-refractivity contribution in [1.29, 1.82) is 0 Å². The molecular formula is C12H15N5O.